The Morgan fingerprint density at radius 3 is 2.64 bits per heavy atom. The molecule has 0 spiro atoms. The van der Waals surface area contributed by atoms with Crippen molar-refractivity contribution in [3.8, 4) is 6.19 Å². The van der Waals surface area contributed by atoms with Crippen LogP contribution in [0.4, 0.5) is 0 Å². The molecule has 1 rings (SSSR count). The molecule has 14 heavy (non-hydrogen) atoms. The number of thiocarbonyl (C=S) groups is 1. The Morgan fingerprint density at radius 2 is 2.07 bits per heavy atom. The maximum absolute atomic E-state index is 8.25. The SMILES string of the molecule is N#CNC(=S)NCc1ccccc1.[H-].[Na+]. The Bertz CT molecular complexity index is 326. The van der Waals surface area contributed by atoms with Gasteiger partial charge in [0.15, 0.2) is 11.3 Å². The number of hydrogen-bond acceptors (Lipinski definition) is 2. The smallest absolute Gasteiger partial charge is 1.00 e. The Balaban J connectivity index is 0. The second kappa shape index (κ2) is 7.77. The molecule has 0 radical (unpaired) electrons. The third kappa shape index (κ3) is 5.20. The van der Waals surface area contributed by atoms with Crippen molar-refractivity contribution in [2.45, 2.75) is 6.54 Å². The van der Waals surface area contributed by atoms with Gasteiger partial charge in [-0.05, 0) is 17.8 Å². The van der Waals surface area contributed by atoms with Crippen LogP contribution >= 0.6 is 12.2 Å². The fourth-order valence-electron chi connectivity index (χ4n) is 0.873. The molecule has 0 saturated heterocycles. The first-order valence-corrected chi connectivity index (χ1v) is 4.20. The van der Waals surface area contributed by atoms with E-state index in [1.54, 1.807) is 6.19 Å². The monoisotopic (exact) mass is 215 g/mol. The zero-order chi connectivity index (χ0) is 9.52. The number of nitriles is 1. The van der Waals surface area contributed by atoms with E-state index >= 15 is 0 Å². The minimum atomic E-state index is 0. The molecule has 0 saturated carbocycles. The topological polar surface area (TPSA) is 47.9 Å². The average molecular weight is 215 g/mol. The van der Waals surface area contributed by atoms with Crippen LogP contribution in [0.5, 0.6) is 0 Å². The second-order valence-electron chi connectivity index (χ2n) is 2.41. The van der Waals surface area contributed by atoms with Crippen molar-refractivity contribution in [2.24, 2.45) is 0 Å². The van der Waals surface area contributed by atoms with Crippen LogP contribution in [0.25, 0.3) is 0 Å². The number of rotatable bonds is 2. The number of hydrogen-bond donors (Lipinski definition) is 2. The van der Waals surface area contributed by atoms with E-state index in [1.165, 1.54) is 0 Å². The van der Waals surface area contributed by atoms with Gasteiger partial charge in [-0.25, -0.2) is 0 Å². The van der Waals surface area contributed by atoms with E-state index in [9.17, 15) is 0 Å². The number of benzene rings is 1. The third-order valence-corrected chi connectivity index (χ3v) is 1.71. The molecule has 0 unspecified atom stereocenters. The molecule has 3 nitrogen and oxygen atoms in total. The average Bonchev–Trinajstić information content (AvgIpc) is 2.17. The molecular weight excluding hydrogens is 205 g/mol. The standard InChI is InChI=1S/C9H9N3S.Na.H/c10-7-12-9(13)11-6-8-4-2-1-3-5-8;;/h1-5H,6H2,(H2,11,12,13);;/q;+1;-1. The fraction of sp³-hybridized carbons (Fsp3) is 0.111. The van der Waals surface area contributed by atoms with Crippen LogP contribution in [-0.2, 0) is 6.54 Å². The Morgan fingerprint density at radius 1 is 1.43 bits per heavy atom. The van der Waals surface area contributed by atoms with Crippen LogP contribution in [0.3, 0.4) is 0 Å². The van der Waals surface area contributed by atoms with Gasteiger partial charge in [-0.2, -0.15) is 5.26 Å². The minimum Gasteiger partial charge on any atom is -1.00 e. The van der Waals surface area contributed by atoms with E-state index in [4.69, 9.17) is 17.5 Å². The molecular formula is C9H10N3NaS. The van der Waals surface area contributed by atoms with Crippen molar-refractivity contribution in [3.05, 3.63) is 35.9 Å². The van der Waals surface area contributed by atoms with Crippen molar-refractivity contribution in [2.75, 3.05) is 0 Å². The summed E-state index contributed by atoms with van der Waals surface area (Å²) in [6.45, 7) is 0.633. The third-order valence-electron chi connectivity index (χ3n) is 1.47. The second-order valence-corrected chi connectivity index (χ2v) is 2.81. The molecule has 5 heteroatoms. The quantitative estimate of drug-likeness (QED) is 0.266. The van der Waals surface area contributed by atoms with Gasteiger partial charge in [-0.3, -0.25) is 5.32 Å². The maximum atomic E-state index is 8.25. The van der Waals surface area contributed by atoms with E-state index in [2.05, 4.69) is 10.6 Å². The van der Waals surface area contributed by atoms with Crippen LogP contribution in [0, 0.1) is 11.5 Å². The Kier molecular flexibility index (Phi) is 7.44. The van der Waals surface area contributed by atoms with Crippen LogP contribution < -0.4 is 40.2 Å². The molecule has 0 atom stereocenters. The van der Waals surface area contributed by atoms with E-state index < -0.39 is 0 Å². The molecule has 0 amide bonds. The van der Waals surface area contributed by atoms with Crippen molar-refractivity contribution in [1.29, 1.82) is 5.26 Å². The fourth-order valence-corrected chi connectivity index (χ4v) is 0.991. The van der Waals surface area contributed by atoms with Gasteiger partial charge in [0.2, 0.25) is 0 Å². The van der Waals surface area contributed by atoms with Gasteiger partial charge in [0, 0.05) is 6.54 Å². The molecule has 1 aromatic rings. The first kappa shape index (κ1) is 13.4. The molecule has 0 aliphatic heterocycles. The van der Waals surface area contributed by atoms with Gasteiger partial charge in [0.25, 0.3) is 0 Å². The summed E-state index contributed by atoms with van der Waals surface area (Å²) in [6, 6.07) is 9.84. The van der Waals surface area contributed by atoms with Gasteiger partial charge in [0.1, 0.15) is 0 Å². The van der Waals surface area contributed by atoms with E-state index in [0.717, 1.165) is 5.56 Å². The molecule has 0 heterocycles. The molecule has 0 aliphatic rings. The van der Waals surface area contributed by atoms with Crippen LogP contribution in [0.15, 0.2) is 30.3 Å². The van der Waals surface area contributed by atoms with Gasteiger partial charge in [-0.15, -0.1) is 0 Å². The van der Waals surface area contributed by atoms with E-state index in [0.29, 0.717) is 11.7 Å². The van der Waals surface area contributed by atoms with E-state index in [-0.39, 0.29) is 31.0 Å². The Labute approximate surface area is 112 Å². The predicted octanol–water partition coefficient (Wildman–Crippen LogP) is -1.75. The first-order valence-electron chi connectivity index (χ1n) is 3.80. The molecule has 0 aliphatic carbocycles. The molecule has 0 aromatic heterocycles. The summed E-state index contributed by atoms with van der Waals surface area (Å²) in [5.74, 6) is 0. The summed E-state index contributed by atoms with van der Waals surface area (Å²) in [5.41, 5.74) is 1.13. The summed E-state index contributed by atoms with van der Waals surface area (Å²) in [4.78, 5) is 0. The Hall–Kier alpha value is -0.600. The van der Waals surface area contributed by atoms with Gasteiger partial charge in [0.05, 0.1) is 0 Å². The normalized spacial score (nSPS) is 7.93. The number of nitrogens with one attached hydrogen (secondary N) is 2. The van der Waals surface area contributed by atoms with Crippen LogP contribution in [0.1, 0.15) is 6.99 Å². The minimum absolute atomic E-state index is 0. The van der Waals surface area contributed by atoms with Gasteiger partial charge >= 0.3 is 29.6 Å². The molecule has 0 fully saturated rings. The van der Waals surface area contributed by atoms with Crippen LogP contribution in [-0.4, -0.2) is 5.11 Å². The summed E-state index contributed by atoms with van der Waals surface area (Å²) in [5, 5.41) is 13.8. The molecule has 68 valence electrons. The largest absolute Gasteiger partial charge is 1.00 e. The van der Waals surface area contributed by atoms with Crippen molar-refractivity contribution in [1.82, 2.24) is 10.6 Å². The zero-order valence-corrected chi connectivity index (χ0v) is 10.8. The zero-order valence-electron chi connectivity index (χ0n) is 8.95. The summed E-state index contributed by atoms with van der Waals surface area (Å²) in [6.07, 6.45) is 1.75. The van der Waals surface area contributed by atoms with E-state index in [1.807, 2.05) is 30.3 Å². The molecule has 2 N–H and O–H groups in total. The predicted molar refractivity (Wildman–Crippen MR) is 55.7 cm³/mol. The molecule has 1 aromatic carbocycles. The summed E-state index contributed by atoms with van der Waals surface area (Å²) >= 11 is 4.81. The van der Waals surface area contributed by atoms with Crippen molar-refractivity contribution in [3.63, 3.8) is 0 Å². The van der Waals surface area contributed by atoms with Gasteiger partial charge < -0.3 is 6.74 Å². The van der Waals surface area contributed by atoms with Crippen molar-refractivity contribution >= 4 is 17.3 Å². The summed E-state index contributed by atoms with van der Waals surface area (Å²) < 4.78 is 0. The first-order chi connectivity index (χ1) is 6.33. The number of nitrogens with zero attached hydrogens (tertiary/aromatic N) is 1. The van der Waals surface area contributed by atoms with Crippen LogP contribution in [0.2, 0.25) is 0 Å². The van der Waals surface area contributed by atoms with Gasteiger partial charge in [-0.1, -0.05) is 30.3 Å². The molecule has 0 bridgehead atoms. The van der Waals surface area contributed by atoms with Crippen molar-refractivity contribution < 1.29 is 31.0 Å². The maximum Gasteiger partial charge on any atom is 1.00 e. The summed E-state index contributed by atoms with van der Waals surface area (Å²) in [7, 11) is 0.